The Morgan fingerprint density at radius 3 is 2.63 bits per heavy atom. The van der Waals surface area contributed by atoms with Gasteiger partial charge in [0.15, 0.2) is 0 Å². The van der Waals surface area contributed by atoms with Gasteiger partial charge in [-0.15, -0.1) is 0 Å². The fourth-order valence-electron chi connectivity index (χ4n) is 2.54. The highest BCUT2D eigenvalue weighted by Crippen LogP contribution is 2.28. The molecule has 0 radical (unpaired) electrons. The van der Waals surface area contributed by atoms with Gasteiger partial charge in [-0.25, -0.2) is 4.39 Å². The molecule has 0 atom stereocenters. The van der Waals surface area contributed by atoms with Crippen LogP contribution in [0.3, 0.4) is 0 Å². The molecule has 0 unspecified atom stereocenters. The molecule has 1 amide bonds. The second-order valence-electron chi connectivity index (χ2n) is 4.85. The van der Waals surface area contributed by atoms with Crippen molar-refractivity contribution in [3.8, 4) is 0 Å². The number of rotatable bonds is 2. The van der Waals surface area contributed by atoms with Crippen LogP contribution in [0, 0.1) is 12.7 Å². The van der Waals surface area contributed by atoms with E-state index in [4.69, 9.17) is 0 Å². The van der Waals surface area contributed by atoms with Crippen LogP contribution in [0.25, 0.3) is 0 Å². The average molecular weight is 255 g/mol. The molecule has 2 aromatic carbocycles. The lowest BCUT2D eigenvalue weighted by molar-refractivity contribution is 0.0766. The van der Waals surface area contributed by atoms with Crippen LogP contribution in [0.5, 0.6) is 0 Å². The Kier molecular flexibility index (Phi) is 2.82. The van der Waals surface area contributed by atoms with Gasteiger partial charge < -0.3 is 4.90 Å². The van der Waals surface area contributed by atoms with Crippen molar-refractivity contribution in [2.24, 2.45) is 0 Å². The lowest BCUT2D eigenvalue weighted by Crippen LogP contribution is -2.23. The maximum Gasteiger partial charge on any atom is 0.255 e. The van der Waals surface area contributed by atoms with Gasteiger partial charge in [-0.3, -0.25) is 4.79 Å². The van der Waals surface area contributed by atoms with E-state index in [2.05, 4.69) is 0 Å². The minimum absolute atomic E-state index is 0.0733. The van der Waals surface area contributed by atoms with Gasteiger partial charge >= 0.3 is 0 Å². The first-order valence-electron chi connectivity index (χ1n) is 6.28. The monoisotopic (exact) mass is 255 g/mol. The molecule has 3 heteroatoms. The van der Waals surface area contributed by atoms with Gasteiger partial charge in [0.1, 0.15) is 5.82 Å². The standard InChI is InChI=1S/C16H14FNO/c1-11-14(17)8-7-13-10-18(16(19)15(11)13)9-12-5-3-2-4-6-12/h2-8H,9-10H2,1H3. The van der Waals surface area contributed by atoms with Gasteiger partial charge in [0.05, 0.1) is 5.56 Å². The summed E-state index contributed by atoms with van der Waals surface area (Å²) in [5, 5.41) is 0. The van der Waals surface area contributed by atoms with Gasteiger partial charge in [0.25, 0.3) is 5.91 Å². The highest BCUT2D eigenvalue weighted by atomic mass is 19.1. The quantitative estimate of drug-likeness (QED) is 0.806. The largest absolute Gasteiger partial charge is 0.330 e. The Balaban J connectivity index is 1.90. The molecule has 2 nitrogen and oxygen atoms in total. The summed E-state index contributed by atoms with van der Waals surface area (Å²) < 4.78 is 13.5. The van der Waals surface area contributed by atoms with E-state index in [1.54, 1.807) is 17.9 Å². The summed E-state index contributed by atoms with van der Waals surface area (Å²) in [6.45, 7) is 2.79. The predicted molar refractivity (Wildman–Crippen MR) is 71.2 cm³/mol. The molecule has 0 saturated carbocycles. The Hall–Kier alpha value is -2.16. The van der Waals surface area contributed by atoms with Crippen molar-refractivity contribution in [2.45, 2.75) is 20.0 Å². The van der Waals surface area contributed by atoms with E-state index < -0.39 is 0 Å². The minimum Gasteiger partial charge on any atom is -0.330 e. The van der Waals surface area contributed by atoms with Crippen LogP contribution in [-0.2, 0) is 13.1 Å². The molecule has 0 aliphatic carbocycles. The molecule has 1 aliphatic heterocycles. The molecule has 0 saturated heterocycles. The summed E-state index contributed by atoms with van der Waals surface area (Å²) in [7, 11) is 0. The van der Waals surface area contributed by atoms with Gasteiger partial charge in [0.2, 0.25) is 0 Å². The number of fused-ring (bicyclic) bond motifs is 1. The molecule has 96 valence electrons. The van der Waals surface area contributed by atoms with Crippen LogP contribution in [0.4, 0.5) is 4.39 Å². The van der Waals surface area contributed by atoms with E-state index in [0.29, 0.717) is 24.2 Å². The highest BCUT2D eigenvalue weighted by Gasteiger charge is 2.29. The number of carbonyl (C=O) groups is 1. The summed E-state index contributed by atoms with van der Waals surface area (Å²) in [4.78, 5) is 14.1. The fourth-order valence-corrected chi connectivity index (χ4v) is 2.54. The van der Waals surface area contributed by atoms with Crippen LogP contribution >= 0.6 is 0 Å². The zero-order valence-electron chi connectivity index (χ0n) is 10.7. The molecule has 0 fully saturated rings. The Morgan fingerprint density at radius 1 is 1.16 bits per heavy atom. The summed E-state index contributed by atoms with van der Waals surface area (Å²) >= 11 is 0. The van der Waals surface area contributed by atoms with E-state index in [1.165, 1.54) is 6.07 Å². The zero-order chi connectivity index (χ0) is 13.4. The van der Waals surface area contributed by atoms with Crippen molar-refractivity contribution in [3.63, 3.8) is 0 Å². The van der Waals surface area contributed by atoms with Crippen LogP contribution in [0.15, 0.2) is 42.5 Å². The second kappa shape index (κ2) is 4.50. The molecule has 2 aromatic rings. The Bertz CT molecular complexity index is 637. The predicted octanol–water partition coefficient (Wildman–Crippen LogP) is 3.29. The maximum atomic E-state index is 13.5. The first-order chi connectivity index (χ1) is 9.16. The SMILES string of the molecule is Cc1c(F)ccc2c1C(=O)N(Cc1ccccc1)C2. The molecule has 1 aliphatic rings. The smallest absolute Gasteiger partial charge is 0.255 e. The van der Waals surface area contributed by atoms with E-state index in [1.807, 2.05) is 30.3 Å². The number of nitrogens with zero attached hydrogens (tertiary/aromatic N) is 1. The lowest BCUT2D eigenvalue weighted by Gasteiger charge is -2.15. The first kappa shape index (κ1) is 11.9. The third-order valence-electron chi connectivity index (χ3n) is 3.56. The molecule has 3 rings (SSSR count). The highest BCUT2D eigenvalue weighted by molar-refractivity contribution is 5.99. The third kappa shape index (κ3) is 2.01. The first-order valence-corrected chi connectivity index (χ1v) is 6.28. The summed E-state index contributed by atoms with van der Waals surface area (Å²) in [5.74, 6) is -0.385. The fraction of sp³-hybridized carbons (Fsp3) is 0.188. The number of halogens is 1. The Morgan fingerprint density at radius 2 is 1.89 bits per heavy atom. The molecule has 0 N–H and O–H groups in total. The molecular weight excluding hydrogens is 241 g/mol. The normalized spacial score (nSPS) is 13.8. The van der Waals surface area contributed by atoms with Crippen molar-refractivity contribution in [1.29, 1.82) is 0 Å². The topological polar surface area (TPSA) is 20.3 Å². The van der Waals surface area contributed by atoms with Gasteiger partial charge in [-0.1, -0.05) is 36.4 Å². The van der Waals surface area contributed by atoms with Crippen molar-refractivity contribution in [2.75, 3.05) is 0 Å². The number of benzene rings is 2. The van der Waals surface area contributed by atoms with Crippen molar-refractivity contribution >= 4 is 5.91 Å². The van der Waals surface area contributed by atoms with Crippen molar-refractivity contribution in [3.05, 3.63) is 70.5 Å². The molecule has 0 aromatic heterocycles. The van der Waals surface area contributed by atoms with E-state index in [-0.39, 0.29) is 11.7 Å². The minimum atomic E-state index is -0.311. The second-order valence-corrected chi connectivity index (χ2v) is 4.85. The van der Waals surface area contributed by atoms with Crippen LogP contribution in [-0.4, -0.2) is 10.8 Å². The van der Waals surface area contributed by atoms with E-state index in [9.17, 15) is 9.18 Å². The molecule has 19 heavy (non-hydrogen) atoms. The van der Waals surface area contributed by atoms with Gasteiger partial charge in [-0.2, -0.15) is 0 Å². The Labute approximate surface area is 111 Å². The van der Waals surface area contributed by atoms with Gasteiger partial charge in [-0.05, 0) is 29.7 Å². The van der Waals surface area contributed by atoms with E-state index >= 15 is 0 Å². The van der Waals surface area contributed by atoms with Gasteiger partial charge in [0, 0.05) is 13.1 Å². The lowest BCUT2D eigenvalue weighted by atomic mass is 10.0. The molecule has 1 heterocycles. The summed E-state index contributed by atoms with van der Waals surface area (Å²) in [5.41, 5.74) is 3.00. The number of hydrogen-bond donors (Lipinski definition) is 0. The zero-order valence-corrected chi connectivity index (χ0v) is 10.7. The van der Waals surface area contributed by atoms with Crippen LogP contribution < -0.4 is 0 Å². The number of carbonyl (C=O) groups excluding carboxylic acids is 1. The van der Waals surface area contributed by atoms with Crippen molar-refractivity contribution in [1.82, 2.24) is 4.90 Å². The van der Waals surface area contributed by atoms with Crippen molar-refractivity contribution < 1.29 is 9.18 Å². The molecule has 0 bridgehead atoms. The molecule has 0 spiro atoms. The average Bonchev–Trinajstić information content (AvgIpc) is 2.73. The number of hydrogen-bond acceptors (Lipinski definition) is 1. The summed E-state index contributed by atoms with van der Waals surface area (Å²) in [6, 6.07) is 13.0. The van der Waals surface area contributed by atoms with Crippen LogP contribution in [0.2, 0.25) is 0 Å². The van der Waals surface area contributed by atoms with Crippen LogP contribution in [0.1, 0.15) is 27.0 Å². The number of amides is 1. The van der Waals surface area contributed by atoms with E-state index in [0.717, 1.165) is 11.1 Å². The third-order valence-corrected chi connectivity index (χ3v) is 3.56. The molecular formula is C16H14FNO. The summed E-state index contributed by atoms with van der Waals surface area (Å²) in [6.07, 6.45) is 0. The maximum absolute atomic E-state index is 13.5.